The van der Waals surface area contributed by atoms with Crippen LogP contribution in [0.1, 0.15) is 63.0 Å². The maximum absolute atomic E-state index is 12.4. The van der Waals surface area contributed by atoms with Crippen molar-refractivity contribution in [2.24, 2.45) is 0 Å². The number of alkyl carbamates (subject to hydrolysis) is 1. The number of fused-ring (bicyclic) bond motifs is 1. The maximum atomic E-state index is 12.4. The average Bonchev–Trinajstić information content (AvgIpc) is 2.95. The summed E-state index contributed by atoms with van der Waals surface area (Å²) in [6.07, 6.45) is 3.08. The van der Waals surface area contributed by atoms with Gasteiger partial charge in [-0.05, 0) is 53.0 Å². The Morgan fingerprint density at radius 1 is 1.11 bits per heavy atom. The summed E-state index contributed by atoms with van der Waals surface area (Å²) in [5.41, 5.74) is 2.01. The molecule has 2 N–H and O–H groups in total. The van der Waals surface area contributed by atoms with Crippen molar-refractivity contribution in [2.75, 3.05) is 13.2 Å². The summed E-state index contributed by atoms with van der Waals surface area (Å²) in [4.78, 5) is 27.3. The number of hydrogen-bond acceptors (Lipinski definition) is 4. The second-order valence-corrected chi connectivity index (χ2v) is 7.48. The lowest BCUT2D eigenvalue weighted by molar-refractivity contribution is 0.0516. The van der Waals surface area contributed by atoms with Crippen LogP contribution in [0.3, 0.4) is 0 Å². The van der Waals surface area contributed by atoms with Gasteiger partial charge < -0.3 is 19.8 Å². The minimum absolute atomic E-state index is 0.281. The number of aryl methyl sites for hydroxylation is 1. The first-order valence-electron chi connectivity index (χ1n) is 9.55. The van der Waals surface area contributed by atoms with Gasteiger partial charge in [0.1, 0.15) is 5.60 Å². The molecule has 0 bridgehead atoms. The van der Waals surface area contributed by atoms with E-state index in [1.807, 2.05) is 52.0 Å². The zero-order valence-corrected chi connectivity index (χ0v) is 16.7. The van der Waals surface area contributed by atoms with Crippen LogP contribution in [-0.2, 0) is 15.9 Å². The lowest BCUT2D eigenvalue weighted by Crippen LogP contribution is -2.32. The first kappa shape index (κ1) is 20.8. The molecule has 0 spiro atoms. The first-order valence-corrected chi connectivity index (χ1v) is 9.55. The van der Waals surface area contributed by atoms with E-state index in [-0.39, 0.29) is 12.1 Å². The minimum Gasteiger partial charge on any atom is -0.462 e. The molecular weight excluding hydrogens is 344 g/mol. The molecule has 0 aliphatic carbocycles. The van der Waals surface area contributed by atoms with Crippen LogP contribution in [0.15, 0.2) is 24.3 Å². The third kappa shape index (κ3) is 6.31. The van der Waals surface area contributed by atoms with Gasteiger partial charge in [0.05, 0.1) is 12.2 Å². The Balaban J connectivity index is 1.85. The fourth-order valence-electron chi connectivity index (χ4n) is 2.93. The number of amides is 1. The van der Waals surface area contributed by atoms with E-state index < -0.39 is 5.60 Å². The number of unbranched alkanes of at least 4 members (excludes halogenated alkanes) is 2. The van der Waals surface area contributed by atoms with Crippen molar-refractivity contribution in [1.29, 1.82) is 0 Å². The van der Waals surface area contributed by atoms with Crippen LogP contribution < -0.4 is 5.32 Å². The number of aromatic nitrogens is 1. The van der Waals surface area contributed by atoms with Crippen molar-refractivity contribution >= 4 is 23.0 Å². The van der Waals surface area contributed by atoms with Crippen LogP contribution >= 0.6 is 0 Å². The highest BCUT2D eigenvalue weighted by atomic mass is 16.6. The molecule has 0 saturated heterocycles. The summed E-state index contributed by atoms with van der Waals surface area (Å²) in [5, 5.41) is 3.66. The van der Waals surface area contributed by atoms with Crippen molar-refractivity contribution in [3.8, 4) is 0 Å². The SMILES string of the molecule is CCOC(=O)c1c(CCCCCNC(=O)OC(C)(C)C)[nH]c2ccccc12. The Bertz CT molecular complexity index is 774. The normalized spacial score (nSPS) is 11.4. The summed E-state index contributed by atoms with van der Waals surface area (Å²) in [7, 11) is 0. The maximum Gasteiger partial charge on any atom is 0.407 e. The fraction of sp³-hybridized carbons (Fsp3) is 0.524. The van der Waals surface area contributed by atoms with Gasteiger partial charge in [-0.3, -0.25) is 0 Å². The zero-order valence-electron chi connectivity index (χ0n) is 16.7. The lowest BCUT2D eigenvalue weighted by atomic mass is 10.1. The number of hydrogen-bond donors (Lipinski definition) is 2. The van der Waals surface area contributed by atoms with Crippen LogP contribution in [0, 0.1) is 0 Å². The smallest absolute Gasteiger partial charge is 0.407 e. The largest absolute Gasteiger partial charge is 0.462 e. The highest BCUT2D eigenvalue weighted by Crippen LogP contribution is 2.24. The summed E-state index contributed by atoms with van der Waals surface area (Å²) < 4.78 is 10.4. The summed E-state index contributed by atoms with van der Waals surface area (Å²) in [6, 6.07) is 7.77. The molecule has 0 radical (unpaired) electrons. The van der Waals surface area contributed by atoms with E-state index in [0.29, 0.717) is 18.7 Å². The number of nitrogens with one attached hydrogen (secondary N) is 2. The molecule has 2 aromatic rings. The molecule has 0 aliphatic heterocycles. The molecular formula is C21H30N2O4. The molecule has 0 aliphatic rings. The van der Waals surface area contributed by atoms with Crippen LogP contribution in [0.25, 0.3) is 10.9 Å². The predicted octanol–water partition coefficient (Wildman–Crippen LogP) is 4.58. The van der Waals surface area contributed by atoms with E-state index in [1.54, 1.807) is 0 Å². The molecule has 1 amide bonds. The van der Waals surface area contributed by atoms with Gasteiger partial charge in [-0.1, -0.05) is 24.6 Å². The Morgan fingerprint density at radius 3 is 2.56 bits per heavy atom. The molecule has 27 heavy (non-hydrogen) atoms. The summed E-state index contributed by atoms with van der Waals surface area (Å²) in [6.45, 7) is 8.26. The van der Waals surface area contributed by atoms with Crippen molar-refractivity contribution < 1.29 is 19.1 Å². The van der Waals surface area contributed by atoms with Gasteiger partial charge in [-0.15, -0.1) is 0 Å². The number of esters is 1. The Labute approximate surface area is 160 Å². The van der Waals surface area contributed by atoms with E-state index in [2.05, 4.69) is 10.3 Å². The summed E-state index contributed by atoms with van der Waals surface area (Å²) in [5.74, 6) is -0.281. The second-order valence-electron chi connectivity index (χ2n) is 7.48. The Hall–Kier alpha value is -2.50. The topological polar surface area (TPSA) is 80.4 Å². The quantitative estimate of drug-likeness (QED) is 0.523. The van der Waals surface area contributed by atoms with Crippen molar-refractivity contribution in [1.82, 2.24) is 10.3 Å². The van der Waals surface area contributed by atoms with E-state index in [4.69, 9.17) is 9.47 Å². The standard InChI is InChI=1S/C21H30N2O4/c1-5-26-19(24)18-15-11-8-9-12-16(15)23-17(18)13-7-6-10-14-22-20(25)27-21(2,3)4/h8-9,11-12,23H,5-7,10,13-14H2,1-4H3,(H,22,25). The molecule has 0 unspecified atom stereocenters. The van der Waals surface area contributed by atoms with Gasteiger partial charge in [-0.25, -0.2) is 9.59 Å². The van der Waals surface area contributed by atoms with Crippen LogP contribution in [0.5, 0.6) is 0 Å². The van der Waals surface area contributed by atoms with Gasteiger partial charge in [-0.2, -0.15) is 0 Å². The predicted molar refractivity (Wildman–Crippen MR) is 106 cm³/mol. The number of aromatic amines is 1. The second kappa shape index (κ2) is 9.44. The number of para-hydroxylation sites is 1. The lowest BCUT2D eigenvalue weighted by Gasteiger charge is -2.19. The van der Waals surface area contributed by atoms with Crippen molar-refractivity contribution in [3.05, 3.63) is 35.5 Å². The van der Waals surface area contributed by atoms with Crippen molar-refractivity contribution in [3.63, 3.8) is 0 Å². The Kier molecular flexibility index (Phi) is 7.28. The minimum atomic E-state index is -0.483. The van der Waals surface area contributed by atoms with Gasteiger partial charge in [0, 0.05) is 23.1 Å². The van der Waals surface area contributed by atoms with E-state index in [0.717, 1.165) is 42.3 Å². The van der Waals surface area contributed by atoms with Gasteiger partial charge >= 0.3 is 12.1 Å². The van der Waals surface area contributed by atoms with Gasteiger partial charge in [0.2, 0.25) is 0 Å². The number of rotatable bonds is 8. The Morgan fingerprint density at radius 2 is 1.85 bits per heavy atom. The number of benzene rings is 1. The number of ether oxygens (including phenoxy) is 2. The third-order valence-corrected chi connectivity index (χ3v) is 4.04. The fourth-order valence-corrected chi connectivity index (χ4v) is 2.93. The molecule has 1 aromatic heterocycles. The molecule has 6 nitrogen and oxygen atoms in total. The van der Waals surface area contributed by atoms with Crippen LogP contribution in [0.2, 0.25) is 0 Å². The van der Waals surface area contributed by atoms with E-state index in [9.17, 15) is 9.59 Å². The van der Waals surface area contributed by atoms with Crippen LogP contribution in [-0.4, -0.2) is 35.8 Å². The molecule has 0 atom stereocenters. The molecule has 0 saturated carbocycles. The first-order chi connectivity index (χ1) is 12.8. The molecule has 148 valence electrons. The zero-order chi connectivity index (χ0) is 19.9. The third-order valence-electron chi connectivity index (χ3n) is 4.04. The summed E-state index contributed by atoms with van der Waals surface area (Å²) >= 11 is 0. The van der Waals surface area contributed by atoms with Crippen molar-refractivity contribution in [2.45, 2.75) is 59.0 Å². The molecule has 2 rings (SSSR count). The number of carbonyl (C=O) groups excluding carboxylic acids is 2. The molecule has 1 heterocycles. The van der Waals surface area contributed by atoms with E-state index >= 15 is 0 Å². The number of H-pyrrole nitrogens is 1. The van der Waals surface area contributed by atoms with E-state index in [1.165, 1.54) is 0 Å². The highest BCUT2D eigenvalue weighted by Gasteiger charge is 2.19. The number of carbonyl (C=O) groups is 2. The highest BCUT2D eigenvalue weighted by molar-refractivity contribution is 6.05. The average molecular weight is 374 g/mol. The van der Waals surface area contributed by atoms with Gasteiger partial charge in [0.15, 0.2) is 0 Å². The molecule has 0 fully saturated rings. The monoisotopic (exact) mass is 374 g/mol. The molecule has 1 aromatic carbocycles. The van der Waals surface area contributed by atoms with Gasteiger partial charge in [0.25, 0.3) is 0 Å². The molecule has 6 heteroatoms. The van der Waals surface area contributed by atoms with Crippen LogP contribution in [0.4, 0.5) is 4.79 Å².